The molecule has 0 aliphatic heterocycles. The molecule has 2 aliphatic carbocycles. The molecule has 0 saturated heterocycles. The van der Waals surface area contributed by atoms with E-state index in [0.29, 0.717) is 16.8 Å². The van der Waals surface area contributed by atoms with Gasteiger partial charge in [0.1, 0.15) is 0 Å². The summed E-state index contributed by atoms with van der Waals surface area (Å²) in [5.74, 6) is -1.12. The number of carbonyl (C=O) groups excluding carboxylic acids is 1. The highest BCUT2D eigenvalue weighted by Gasteiger charge is 2.19. The molecule has 0 atom stereocenters. The summed E-state index contributed by atoms with van der Waals surface area (Å²) >= 11 is 0. The Labute approximate surface area is 158 Å². The number of hydrogen-bond donors (Lipinski definition) is 2. The van der Waals surface area contributed by atoms with Crippen molar-refractivity contribution in [3.63, 3.8) is 0 Å². The molecule has 27 heavy (non-hydrogen) atoms. The molecular formula is C23H21NO3. The molecule has 2 aliphatic rings. The van der Waals surface area contributed by atoms with E-state index in [9.17, 15) is 14.7 Å². The highest BCUT2D eigenvalue weighted by molar-refractivity contribution is 5.89. The van der Waals surface area contributed by atoms with E-state index in [2.05, 4.69) is 5.32 Å². The van der Waals surface area contributed by atoms with Crippen molar-refractivity contribution in [3.05, 3.63) is 106 Å². The van der Waals surface area contributed by atoms with Crippen molar-refractivity contribution in [1.29, 1.82) is 0 Å². The van der Waals surface area contributed by atoms with Crippen LogP contribution in [0.5, 0.6) is 5.75 Å². The number of amides is 1. The molecule has 3 rings (SSSR count). The highest BCUT2D eigenvalue weighted by atomic mass is 16.3. The molecule has 0 heterocycles. The molecule has 0 unspecified atom stereocenters. The van der Waals surface area contributed by atoms with Crippen molar-refractivity contribution in [2.75, 3.05) is 5.32 Å². The Bertz CT molecular complexity index is 946. The standard InChI is InChI=1S/C23H21NO3/c1-16(25)24-19-14-20(17-10-6-2-3-7-11-17)22(26)23(27)21(15-19)18-12-8-4-5-9-13-18/h2-15,17-18H,1H3,(H,24,25)(H,26,27). The van der Waals surface area contributed by atoms with Gasteiger partial charge in [-0.2, -0.15) is 0 Å². The minimum Gasteiger partial charge on any atom is -0.504 e. The Morgan fingerprint density at radius 1 is 0.815 bits per heavy atom. The van der Waals surface area contributed by atoms with Crippen molar-refractivity contribution in [1.82, 2.24) is 0 Å². The lowest BCUT2D eigenvalue weighted by Crippen LogP contribution is -2.10. The topological polar surface area (TPSA) is 66.4 Å². The molecule has 136 valence electrons. The number of rotatable bonds is 3. The van der Waals surface area contributed by atoms with Gasteiger partial charge in [-0.25, -0.2) is 0 Å². The summed E-state index contributed by atoms with van der Waals surface area (Å²) in [6.45, 7) is 1.41. The van der Waals surface area contributed by atoms with E-state index in [-0.39, 0.29) is 23.5 Å². The zero-order valence-electron chi connectivity index (χ0n) is 15.0. The van der Waals surface area contributed by atoms with E-state index < -0.39 is 5.43 Å². The maximum absolute atomic E-state index is 13.1. The van der Waals surface area contributed by atoms with Crippen LogP contribution in [-0.4, -0.2) is 11.0 Å². The molecular weight excluding hydrogens is 338 g/mol. The molecule has 0 fully saturated rings. The fourth-order valence-electron chi connectivity index (χ4n) is 3.09. The average molecular weight is 359 g/mol. The van der Waals surface area contributed by atoms with Gasteiger partial charge in [-0.1, -0.05) is 72.9 Å². The van der Waals surface area contributed by atoms with Gasteiger partial charge in [-0.15, -0.1) is 0 Å². The number of hydrogen-bond acceptors (Lipinski definition) is 3. The van der Waals surface area contributed by atoms with Gasteiger partial charge >= 0.3 is 0 Å². The van der Waals surface area contributed by atoms with E-state index in [1.54, 1.807) is 12.1 Å². The monoisotopic (exact) mass is 359 g/mol. The molecule has 0 bridgehead atoms. The van der Waals surface area contributed by atoms with Gasteiger partial charge in [0.15, 0.2) is 5.75 Å². The summed E-state index contributed by atoms with van der Waals surface area (Å²) in [6.07, 6.45) is 22.5. The van der Waals surface area contributed by atoms with Crippen molar-refractivity contribution in [2.45, 2.75) is 18.8 Å². The van der Waals surface area contributed by atoms with Crippen molar-refractivity contribution >= 4 is 11.6 Å². The minimum atomic E-state index is -0.443. The molecule has 2 N–H and O–H groups in total. The summed E-state index contributed by atoms with van der Waals surface area (Å²) < 4.78 is 0. The molecule has 4 nitrogen and oxygen atoms in total. The second-order valence-corrected chi connectivity index (χ2v) is 6.37. The second-order valence-electron chi connectivity index (χ2n) is 6.37. The molecule has 1 aromatic carbocycles. The van der Waals surface area contributed by atoms with E-state index in [0.717, 1.165) is 0 Å². The van der Waals surface area contributed by atoms with Crippen molar-refractivity contribution < 1.29 is 9.90 Å². The number of aromatic hydroxyl groups is 1. The summed E-state index contributed by atoms with van der Waals surface area (Å²) in [7, 11) is 0. The second kappa shape index (κ2) is 8.32. The van der Waals surface area contributed by atoms with Crippen LogP contribution < -0.4 is 10.7 Å². The van der Waals surface area contributed by atoms with Gasteiger partial charge in [0.25, 0.3) is 0 Å². The normalized spacial score (nSPS) is 16.3. The predicted octanol–water partition coefficient (Wildman–Crippen LogP) is 4.24. The van der Waals surface area contributed by atoms with Crippen molar-refractivity contribution in [2.24, 2.45) is 0 Å². The summed E-state index contributed by atoms with van der Waals surface area (Å²) in [4.78, 5) is 24.7. The number of nitrogens with one attached hydrogen (secondary N) is 1. The van der Waals surface area contributed by atoms with Crippen LogP contribution in [-0.2, 0) is 4.79 Å². The van der Waals surface area contributed by atoms with Crippen LogP contribution in [0.4, 0.5) is 5.69 Å². The maximum Gasteiger partial charge on any atom is 0.224 e. The molecule has 0 radical (unpaired) electrons. The van der Waals surface area contributed by atoms with E-state index in [1.807, 2.05) is 72.9 Å². The molecule has 0 spiro atoms. The molecule has 0 aromatic heterocycles. The van der Waals surface area contributed by atoms with E-state index in [4.69, 9.17) is 0 Å². The van der Waals surface area contributed by atoms with Crippen LogP contribution in [0.25, 0.3) is 0 Å². The fourth-order valence-corrected chi connectivity index (χ4v) is 3.09. The Kier molecular flexibility index (Phi) is 5.67. The van der Waals surface area contributed by atoms with Gasteiger partial charge in [0.05, 0.1) is 0 Å². The molecule has 4 heteroatoms. The minimum absolute atomic E-state index is 0.243. The maximum atomic E-state index is 13.1. The third kappa shape index (κ3) is 4.42. The summed E-state index contributed by atoms with van der Waals surface area (Å²) in [5, 5.41) is 13.5. The first-order chi connectivity index (χ1) is 13.1. The Hall–Kier alpha value is -3.40. The van der Waals surface area contributed by atoms with Gasteiger partial charge < -0.3 is 10.4 Å². The number of anilines is 1. The first-order valence-electron chi connectivity index (χ1n) is 8.78. The van der Waals surface area contributed by atoms with Crippen LogP contribution in [0.1, 0.15) is 29.9 Å². The van der Waals surface area contributed by atoms with Crippen LogP contribution in [0.15, 0.2) is 89.8 Å². The van der Waals surface area contributed by atoms with Crippen molar-refractivity contribution in [3.8, 4) is 5.75 Å². The summed E-state index contributed by atoms with van der Waals surface area (Å²) in [6, 6.07) is 3.30. The average Bonchev–Trinajstić information content (AvgIpc) is 3.10. The van der Waals surface area contributed by atoms with Crippen LogP contribution in [0.3, 0.4) is 0 Å². The zero-order valence-corrected chi connectivity index (χ0v) is 15.0. The first kappa shape index (κ1) is 18.4. The Balaban J connectivity index is 2.21. The smallest absolute Gasteiger partial charge is 0.224 e. The third-order valence-electron chi connectivity index (χ3n) is 4.35. The lowest BCUT2D eigenvalue weighted by molar-refractivity contribution is -0.114. The lowest BCUT2D eigenvalue weighted by Gasteiger charge is -2.08. The highest BCUT2D eigenvalue weighted by Crippen LogP contribution is 2.31. The van der Waals surface area contributed by atoms with Crippen LogP contribution in [0, 0.1) is 0 Å². The summed E-state index contributed by atoms with van der Waals surface area (Å²) in [5.41, 5.74) is 0.883. The lowest BCUT2D eigenvalue weighted by atomic mass is 9.97. The predicted molar refractivity (Wildman–Crippen MR) is 109 cm³/mol. The largest absolute Gasteiger partial charge is 0.504 e. The fraction of sp³-hybridized carbons (Fsp3) is 0.130. The number of allylic oxidation sites excluding steroid dienone is 12. The van der Waals surface area contributed by atoms with Gasteiger partial charge in [-0.3, -0.25) is 9.59 Å². The Morgan fingerprint density at radius 2 is 1.26 bits per heavy atom. The number of carbonyl (C=O) groups is 1. The van der Waals surface area contributed by atoms with Crippen LogP contribution >= 0.6 is 0 Å². The van der Waals surface area contributed by atoms with Gasteiger partial charge in [0.2, 0.25) is 11.3 Å². The quantitative estimate of drug-likeness (QED) is 0.848. The zero-order chi connectivity index (χ0) is 19.2. The van der Waals surface area contributed by atoms with E-state index in [1.165, 1.54) is 6.92 Å². The van der Waals surface area contributed by atoms with Gasteiger partial charge in [-0.05, 0) is 12.1 Å². The molecule has 1 amide bonds. The van der Waals surface area contributed by atoms with Gasteiger partial charge in [0, 0.05) is 35.6 Å². The molecule has 0 saturated carbocycles. The molecule has 1 aromatic rings. The first-order valence-corrected chi connectivity index (χ1v) is 8.78. The third-order valence-corrected chi connectivity index (χ3v) is 4.35. The Morgan fingerprint density at radius 3 is 1.74 bits per heavy atom. The van der Waals surface area contributed by atoms with Crippen LogP contribution in [0.2, 0.25) is 0 Å². The van der Waals surface area contributed by atoms with E-state index >= 15 is 0 Å². The SMILES string of the molecule is CC(=O)Nc1cc(C2C=CC=CC=C2)c(O)c(=O)c(C2C=CC=CC=C2)c1.